The van der Waals surface area contributed by atoms with Gasteiger partial charge in [-0.15, -0.1) is 10.2 Å². The molecule has 2 aromatic carbocycles. The molecule has 168 valence electrons. The molecule has 3 heterocycles. The summed E-state index contributed by atoms with van der Waals surface area (Å²) in [6.45, 7) is 4.60. The molecule has 1 aromatic heterocycles. The fourth-order valence-corrected chi connectivity index (χ4v) is 6.09. The Labute approximate surface area is 193 Å². The molecule has 0 N–H and O–H groups in total. The van der Waals surface area contributed by atoms with Crippen LogP contribution in [0.3, 0.4) is 0 Å². The van der Waals surface area contributed by atoms with Crippen molar-refractivity contribution in [1.82, 2.24) is 14.5 Å². The highest BCUT2D eigenvalue weighted by Crippen LogP contribution is 2.43. The number of halogens is 1. The van der Waals surface area contributed by atoms with Crippen molar-refractivity contribution >= 4 is 17.6 Å². The molecule has 2 aliphatic rings. The first-order valence-corrected chi connectivity index (χ1v) is 12.3. The van der Waals surface area contributed by atoms with Crippen molar-refractivity contribution in [3.63, 3.8) is 0 Å². The summed E-state index contributed by atoms with van der Waals surface area (Å²) in [5.74, 6) is 0.900. The third kappa shape index (κ3) is 4.69. The fourth-order valence-electron chi connectivity index (χ4n) is 4.72. The van der Waals surface area contributed by atoms with Gasteiger partial charge in [-0.05, 0) is 50.3 Å². The van der Waals surface area contributed by atoms with E-state index < -0.39 is 0 Å². The van der Waals surface area contributed by atoms with Crippen molar-refractivity contribution in [3.05, 3.63) is 77.8 Å². The van der Waals surface area contributed by atoms with Crippen molar-refractivity contribution in [2.45, 2.75) is 56.4 Å². The van der Waals surface area contributed by atoms with Crippen molar-refractivity contribution < 1.29 is 8.81 Å². The molecule has 0 radical (unpaired) electrons. The Morgan fingerprint density at radius 3 is 2.59 bits per heavy atom. The highest BCUT2D eigenvalue weighted by Gasteiger charge is 2.29. The Hall–Kier alpha value is -2.38. The van der Waals surface area contributed by atoms with Crippen LogP contribution < -0.4 is 4.90 Å². The van der Waals surface area contributed by atoms with E-state index in [2.05, 4.69) is 62.7 Å². The maximum absolute atomic E-state index is 15.1. The molecule has 5 nitrogen and oxygen atoms in total. The van der Waals surface area contributed by atoms with E-state index in [1.54, 1.807) is 6.07 Å². The van der Waals surface area contributed by atoms with Crippen LogP contribution in [0.1, 0.15) is 60.8 Å². The second-order valence-corrected chi connectivity index (χ2v) is 10.1. The molecule has 2 atom stereocenters. The number of hydrogen-bond acceptors (Lipinski definition) is 6. The number of nitrogens with zero attached hydrogens (tertiary/aromatic N) is 4. The first kappa shape index (κ1) is 21.5. The number of aromatic nitrogens is 2. The highest BCUT2D eigenvalue weighted by atomic mass is 32.2. The average Bonchev–Trinajstić information content (AvgIpc) is 3.37. The van der Waals surface area contributed by atoms with Gasteiger partial charge < -0.3 is 9.32 Å². The van der Waals surface area contributed by atoms with Crippen molar-refractivity contribution in [1.29, 1.82) is 0 Å². The van der Waals surface area contributed by atoms with E-state index in [4.69, 9.17) is 4.42 Å². The van der Waals surface area contributed by atoms with Crippen LogP contribution in [0.15, 0.2) is 59.3 Å². The van der Waals surface area contributed by atoms with Gasteiger partial charge in [0.2, 0.25) is 12.3 Å². The predicted molar refractivity (Wildman–Crippen MR) is 126 cm³/mol. The molecule has 2 aliphatic heterocycles. The van der Waals surface area contributed by atoms with Gasteiger partial charge in [-0.2, -0.15) is 0 Å². The fraction of sp³-hybridized carbons (Fsp3) is 0.440. The van der Waals surface area contributed by atoms with E-state index in [-0.39, 0.29) is 5.82 Å². The van der Waals surface area contributed by atoms with Crippen molar-refractivity contribution in [2.75, 3.05) is 18.0 Å². The molecule has 1 unspecified atom stereocenters. The molecule has 2 fully saturated rings. The van der Waals surface area contributed by atoms with Gasteiger partial charge in [0.15, 0.2) is 0 Å². The summed E-state index contributed by atoms with van der Waals surface area (Å²) in [6.07, 6.45) is 5.55. The van der Waals surface area contributed by atoms with E-state index in [0.717, 1.165) is 50.0 Å². The first-order chi connectivity index (χ1) is 15.7. The largest absolute Gasteiger partial charge is 0.428 e. The summed E-state index contributed by atoms with van der Waals surface area (Å²) >= 11 is 1.86. The van der Waals surface area contributed by atoms with Gasteiger partial charge in [-0.25, -0.2) is 8.70 Å². The van der Waals surface area contributed by atoms with Crippen molar-refractivity contribution in [3.8, 4) is 0 Å². The number of anilines is 1. The normalized spacial score (nSPS) is 22.9. The zero-order chi connectivity index (χ0) is 21.9. The Morgan fingerprint density at radius 1 is 1.06 bits per heavy atom. The number of hydrogen-bond donors (Lipinski definition) is 0. The third-order valence-electron chi connectivity index (χ3n) is 6.72. The molecule has 3 aromatic rings. The van der Waals surface area contributed by atoms with Gasteiger partial charge in [-0.1, -0.05) is 48.3 Å². The van der Waals surface area contributed by atoms with Gasteiger partial charge >= 0.3 is 0 Å². The van der Waals surface area contributed by atoms with E-state index in [1.165, 1.54) is 12.0 Å². The topological polar surface area (TPSA) is 45.4 Å². The number of piperidine rings is 1. The summed E-state index contributed by atoms with van der Waals surface area (Å²) in [7, 11) is 0. The van der Waals surface area contributed by atoms with Crippen LogP contribution >= 0.6 is 11.9 Å². The molecular formula is C25H29FN4OS. The van der Waals surface area contributed by atoms with Crippen LogP contribution in [-0.4, -0.2) is 33.6 Å². The molecule has 2 saturated heterocycles. The molecule has 7 heteroatoms. The molecule has 0 aliphatic carbocycles. The van der Waals surface area contributed by atoms with E-state index in [1.807, 2.05) is 18.0 Å². The average molecular weight is 453 g/mol. The molecule has 0 amide bonds. The van der Waals surface area contributed by atoms with Crippen molar-refractivity contribution in [2.24, 2.45) is 0 Å². The Bertz CT molecular complexity index is 1010. The molecular weight excluding hydrogens is 423 g/mol. The standard InChI is InChI=1S/C25H29FN4OS/c1-18-7-10-24(19-5-3-2-4-6-19)32-30(18)16-21-8-9-22(15-23(21)26)29-13-11-20(12-14-29)25-28-27-17-31-25/h2-6,8-9,15,17-18,20,24H,7,10-14,16H2,1H3/t18-,24?/m0/s1. The molecule has 0 bridgehead atoms. The predicted octanol–water partition coefficient (Wildman–Crippen LogP) is 5.97. The minimum Gasteiger partial charge on any atom is -0.428 e. The first-order valence-electron chi connectivity index (χ1n) is 11.4. The Kier molecular flexibility index (Phi) is 6.46. The number of rotatable bonds is 5. The third-order valence-corrected chi connectivity index (χ3v) is 8.24. The van der Waals surface area contributed by atoms with Gasteiger partial charge in [0.25, 0.3) is 0 Å². The second kappa shape index (κ2) is 9.63. The molecule has 32 heavy (non-hydrogen) atoms. The van der Waals surface area contributed by atoms with Crippen LogP contribution in [0.25, 0.3) is 0 Å². The summed E-state index contributed by atoms with van der Waals surface area (Å²) < 4.78 is 22.8. The van der Waals surface area contributed by atoms with Crippen LogP contribution in [0.5, 0.6) is 0 Å². The SMILES string of the molecule is C[C@H]1CCC(c2ccccc2)SN1Cc1ccc(N2CCC(c3nnco3)CC2)cc1F. The zero-order valence-electron chi connectivity index (χ0n) is 18.4. The molecule has 0 saturated carbocycles. The van der Waals surface area contributed by atoms with Crippen LogP contribution in [0.4, 0.5) is 10.1 Å². The van der Waals surface area contributed by atoms with Gasteiger partial charge in [0, 0.05) is 48.1 Å². The summed E-state index contributed by atoms with van der Waals surface area (Å²) in [5, 5.41) is 8.27. The minimum atomic E-state index is -0.115. The lowest BCUT2D eigenvalue weighted by molar-refractivity contribution is 0.317. The quantitative estimate of drug-likeness (QED) is 0.445. The molecule has 0 spiro atoms. The van der Waals surface area contributed by atoms with Gasteiger partial charge in [-0.3, -0.25) is 0 Å². The van der Waals surface area contributed by atoms with Crippen LogP contribution in [-0.2, 0) is 6.54 Å². The van der Waals surface area contributed by atoms with E-state index in [9.17, 15) is 0 Å². The second-order valence-electron chi connectivity index (χ2n) is 8.82. The maximum atomic E-state index is 15.1. The lowest BCUT2D eigenvalue weighted by Gasteiger charge is -2.37. The van der Waals surface area contributed by atoms with Crippen LogP contribution in [0.2, 0.25) is 0 Å². The summed E-state index contributed by atoms with van der Waals surface area (Å²) in [6, 6.07) is 16.8. The minimum absolute atomic E-state index is 0.115. The van der Waals surface area contributed by atoms with Crippen LogP contribution in [0, 0.1) is 5.82 Å². The lowest BCUT2D eigenvalue weighted by Crippen LogP contribution is -2.33. The monoisotopic (exact) mass is 452 g/mol. The van der Waals surface area contributed by atoms with E-state index >= 15 is 4.39 Å². The Morgan fingerprint density at radius 2 is 1.88 bits per heavy atom. The maximum Gasteiger partial charge on any atom is 0.219 e. The number of benzene rings is 2. The molecule has 5 rings (SSSR count). The Balaban J connectivity index is 1.22. The summed E-state index contributed by atoms with van der Waals surface area (Å²) in [5.41, 5.74) is 3.08. The van der Waals surface area contributed by atoms with Gasteiger partial charge in [0.05, 0.1) is 0 Å². The smallest absolute Gasteiger partial charge is 0.219 e. The van der Waals surface area contributed by atoms with Gasteiger partial charge in [0.1, 0.15) is 5.82 Å². The summed E-state index contributed by atoms with van der Waals surface area (Å²) in [4.78, 5) is 2.25. The van der Waals surface area contributed by atoms with E-state index in [0.29, 0.717) is 29.6 Å². The highest BCUT2D eigenvalue weighted by molar-refractivity contribution is 7.97. The lowest BCUT2D eigenvalue weighted by atomic mass is 9.96. The zero-order valence-corrected chi connectivity index (χ0v) is 19.2.